The molecule has 3 aliphatic heterocycles. The van der Waals surface area contributed by atoms with Gasteiger partial charge in [-0.3, -0.25) is 19.7 Å². The zero-order valence-corrected chi connectivity index (χ0v) is 15.3. The van der Waals surface area contributed by atoms with Crippen molar-refractivity contribution in [2.24, 2.45) is 0 Å². The first-order chi connectivity index (χ1) is 13.4. The summed E-state index contributed by atoms with van der Waals surface area (Å²) in [4.78, 5) is 38.0. The average molecular weight is 392 g/mol. The van der Waals surface area contributed by atoms with Crippen LogP contribution in [0.15, 0.2) is 18.2 Å². The molecule has 0 saturated carbocycles. The number of alkyl halides is 2. The van der Waals surface area contributed by atoms with Crippen LogP contribution in [0.2, 0.25) is 0 Å². The quantitative estimate of drug-likeness (QED) is 0.651. The summed E-state index contributed by atoms with van der Waals surface area (Å²) >= 11 is 0. The number of piperidine rings is 2. The van der Waals surface area contributed by atoms with E-state index in [-0.39, 0.29) is 57.3 Å². The number of rotatable bonds is 4. The summed E-state index contributed by atoms with van der Waals surface area (Å²) in [5.74, 6) is -3.90. The Morgan fingerprint density at radius 3 is 2.82 bits per heavy atom. The van der Waals surface area contributed by atoms with Gasteiger partial charge in [-0.15, -0.1) is 0 Å². The van der Waals surface area contributed by atoms with Crippen LogP contribution in [0.25, 0.3) is 0 Å². The van der Waals surface area contributed by atoms with E-state index >= 15 is 0 Å². The molecular formula is C19H22F2N4O3. The van der Waals surface area contributed by atoms with E-state index in [0.29, 0.717) is 11.1 Å². The van der Waals surface area contributed by atoms with Crippen molar-refractivity contribution in [1.29, 1.82) is 0 Å². The molecule has 4 rings (SSSR count). The number of halogens is 2. The number of amides is 3. The molecule has 150 valence electrons. The van der Waals surface area contributed by atoms with Gasteiger partial charge < -0.3 is 15.5 Å². The Labute approximate surface area is 160 Å². The van der Waals surface area contributed by atoms with Crippen LogP contribution in [0.5, 0.6) is 0 Å². The number of carbonyl (C=O) groups excluding carboxylic acids is 3. The lowest BCUT2D eigenvalue weighted by Gasteiger charge is -2.32. The third-order valence-electron chi connectivity index (χ3n) is 5.67. The number of nitrogens with zero attached hydrogens (tertiary/aromatic N) is 1. The monoisotopic (exact) mass is 392 g/mol. The van der Waals surface area contributed by atoms with Crippen molar-refractivity contribution in [3.8, 4) is 0 Å². The van der Waals surface area contributed by atoms with Crippen LogP contribution in [0.3, 0.4) is 0 Å². The Morgan fingerprint density at radius 1 is 1.25 bits per heavy atom. The fraction of sp³-hybridized carbons (Fsp3) is 0.526. The highest BCUT2D eigenvalue weighted by Gasteiger charge is 2.42. The zero-order valence-electron chi connectivity index (χ0n) is 15.3. The Hall–Kier alpha value is -2.39. The number of carbonyl (C=O) groups is 3. The summed E-state index contributed by atoms with van der Waals surface area (Å²) in [6, 6.07) is 3.64. The van der Waals surface area contributed by atoms with E-state index in [1.165, 1.54) is 4.90 Å². The van der Waals surface area contributed by atoms with Crippen molar-refractivity contribution >= 4 is 17.7 Å². The molecule has 0 aliphatic carbocycles. The van der Waals surface area contributed by atoms with Crippen molar-refractivity contribution in [2.75, 3.05) is 13.1 Å². The van der Waals surface area contributed by atoms with Gasteiger partial charge >= 0.3 is 0 Å². The molecule has 28 heavy (non-hydrogen) atoms. The highest BCUT2D eigenvalue weighted by Crippen LogP contribution is 2.30. The maximum Gasteiger partial charge on any atom is 0.265 e. The second-order valence-corrected chi connectivity index (χ2v) is 7.50. The lowest BCUT2D eigenvalue weighted by atomic mass is 10.00. The van der Waals surface area contributed by atoms with Crippen molar-refractivity contribution in [2.45, 2.75) is 50.4 Å². The molecule has 0 aromatic heterocycles. The molecule has 9 heteroatoms. The third kappa shape index (κ3) is 3.40. The van der Waals surface area contributed by atoms with Crippen LogP contribution in [0, 0.1) is 0 Å². The van der Waals surface area contributed by atoms with Gasteiger partial charge in [-0.05, 0) is 17.5 Å². The van der Waals surface area contributed by atoms with Crippen LogP contribution < -0.4 is 16.0 Å². The van der Waals surface area contributed by atoms with E-state index in [1.54, 1.807) is 18.2 Å². The summed E-state index contributed by atoms with van der Waals surface area (Å²) in [6.07, 6.45) is 0.256. The molecule has 0 spiro atoms. The Bertz CT molecular complexity index is 829. The molecule has 3 amide bonds. The van der Waals surface area contributed by atoms with Crippen molar-refractivity contribution < 1.29 is 23.2 Å². The second kappa shape index (κ2) is 7.21. The number of hydrogen-bond donors (Lipinski definition) is 3. The summed E-state index contributed by atoms with van der Waals surface area (Å²) in [5, 5.41) is 8.11. The van der Waals surface area contributed by atoms with E-state index in [2.05, 4.69) is 16.0 Å². The molecule has 2 unspecified atom stereocenters. The maximum atomic E-state index is 14.1. The van der Waals surface area contributed by atoms with Gasteiger partial charge in [0.1, 0.15) is 6.04 Å². The van der Waals surface area contributed by atoms with Gasteiger partial charge in [0.2, 0.25) is 11.8 Å². The standard InChI is InChI=1S/C19H22F2N4O3/c20-19(21)6-7-22-9-14(19)23-8-11-2-1-3-12-10-25(18(28)16(11)12)13-4-5-15(26)24-17(13)27/h1-3,13-14,22-23H,4-10H2,(H,24,26,27). The normalized spacial score (nSPS) is 26.9. The zero-order chi connectivity index (χ0) is 19.9. The lowest BCUT2D eigenvalue weighted by molar-refractivity contribution is -0.136. The minimum Gasteiger partial charge on any atom is -0.322 e. The first-order valence-corrected chi connectivity index (χ1v) is 9.44. The van der Waals surface area contributed by atoms with Crippen LogP contribution in [0.1, 0.15) is 40.7 Å². The smallest absolute Gasteiger partial charge is 0.265 e. The topological polar surface area (TPSA) is 90.5 Å². The van der Waals surface area contributed by atoms with E-state index in [9.17, 15) is 23.2 Å². The first-order valence-electron chi connectivity index (χ1n) is 9.44. The molecule has 3 heterocycles. The first kappa shape index (κ1) is 18.9. The molecule has 0 bridgehead atoms. The highest BCUT2D eigenvalue weighted by molar-refractivity contribution is 6.05. The van der Waals surface area contributed by atoms with Crippen LogP contribution in [0.4, 0.5) is 8.78 Å². The number of benzene rings is 1. The number of nitrogens with one attached hydrogen (secondary N) is 3. The summed E-state index contributed by atoms with van der Waals surface area (Å²) in [7, 11) is 0. The average Bonchev–Trinajstić information content (AvgIpc) is 2.98. The van der Waals surface area contributed by atoms with Crippen molar-refractivity contribution in [3.63, 3.8) is 0 Å². The molecule has 2 fully saturated rings. The number of hydrogen-bond acceptors (Lipinski definition) is 5. The number of imide groups is 1. The van der Waals surface area contributed by atoms with Crippen LogP contribution in [-0.4, -0.2) is 53.7 Å². The molecule has 2 saturated heterocycles. The third-order valence-corrected chi connectivity index (χ3v) is 5.67. The van der Waals surface area contributed by atoms with Gasteiger partial charge in [-0.1, -0.05) is 18.2 Å². The van der Waals surface area contributed by atoms with Crippen molar-refractivity contribution in [1.82, 2.24) is 20.9 Å². The number of fused-ring (bicyclic) bond motifs is 1. The van der Waals surface area contributed by atoms with Gasteiger partial charge in [0.25, 0.3) is 11.8 Å². The fourth-order valence-corrected chi connectivity index (χ4v) is 4.12. The van der Waals surface area contributed by atoms with Gasteiger partial charge in [-0.2, -0.15) is 0 Å². The molecule has 3 aliphatic rings. The Kier molecular flexibility index (Phi) is 4.88. The van der Waals surface area contributed by atoms with E-state index in [0.717, 1.165) is 5.56 Å². The SMILES string of the molecule is O=C1CCC(N2Cc3cccc(CNC4CNCCC4(F)F)c3C2=O)C(=O)N1. The fourth-order valence-electron chi connectivity index (χ4n) is 4.12. The van der Waals surface area contributed by atoms with Crippen LogP contribution >= 0.6 is 0 Å². The molecule has 2 atom stereocenters. The van der Waals surface area contributed by atoms with Gasteiger partial charge in [0, 0.05) is 44.6 Å². The molecular weight excluding hydrogens is 370 g/mol. The Morgan fingerprint density at radius 2 is 2.07 bits per heavy atom. The summed E-state index contributed by atoms with van der Waals surface area (Å²) in [6.45, 7) is 0.860. The maximum absolute atomic E-state index is 14.1. The molecule has 1 aromatic rings. The lowest BCUT2D eigenvalue weighted by Crippen LogP contribution is -2.55. The molecule has 7 nitrogen and oxygen atoms in total. The van der Waals surface area contributed by atoms with Gasteiger partial charge in [0.05, 0.1) is 6.04 Å². The van der Waals surface area contributed by atoms with E-state index < -0.39 is 23.9 Å². The largest absolute Gasteiger partial charge is 0.322 e. The second-order valence-electron chi connectivity index (χ2n) is 7.50. The van der Waals surface area contributed by atoms with Gasteiger partial charge in [0.15, 0.2) is 0 Å². The Balaban J connectivity index is 1.50. The highest BCUT2D eigenvalue weighted by atomic mass is 19.3. The van der Waals surface area contributed by atoms with Crippen molar-refractivity contribution in [3.05, 3.63) is 34.9 Å². The predicted molar refractivity (Wildman–Crippen MR) is 95.5 cm³/mol. The minimum absolute atomic E-state index is 0.139. The summed E-state index contributed by atoms with van der Waals surface area (Å²) < 4.78 is 28.1. The minimum atomic E-state index is -2.80. The molecule has 1 aromatic carbocycles. The molecule has 0 radical (unpaired) electrons. The molecule has 3 N–H and O–H groups in total. The van der Waals surface area contributed by atoms with Gasteiger partial charge in [-0.25, -0.2) is 8.78 Å². The predicted octanol–water partition coefficient (Wildman–Crippen LogP) is 0.534. The van der Waals surface area contributed by atoms with E-state index in [1.807, 2.05) is 0 Å². The summed E-state index contributed by atoms with van der Waals surface area (Å²) in [5.41, 5.74) is 1.87. The van der Waals surface area contributed by atoms with E-state index in [4.69, 9.17) is 0 Å². The van der Waals surface area contributed by atoms with Crippen LogP contribution in [-0.2, 0) is 22.7 Å².